The van der Waals surface area contributed by atoms with Gasteiger partial charge < -0.3 is 5.73 Å². The van der Waals surface area contributed by atoms with Crippen LogP contribution in [0.1, 0.15) is 37.7 Å². The van der Waals surface area contributed by atoms with Gasteiger partial charge in [-0.3, -0.25) is 0 Å². The van der Waals surface area contributed by atoms with E-state index in [1.165, 1.54) is 54.0 Å². The molecule has 2 aromatic carbocycles. The van der Waals surface area contributed by atoms with Crippen LogP contribution in [0.25, 0.3) is 16.8 Å². The van der Waals surface area contributed by atoms with E-state index in [4.69, 9.17) is 5.73 Å². The number of hydrogen-bond donors (Lipinski definition) is 1. The highest BCUT2D eigenvalue weighted by molar-refractivity contribution is 5.90. The quantitative estimate of drug-likeness (QED) is 0.850. The van der Waals surface area contributed by atoms with Crippen LogP contribution < -0.4 is 5.73 Å². The summed E-state index contributed by atoms with van der Waals surface area (Å²) in [6.07, 6.45) is 9.08. The Morgan fingerprint density at radius 1 is 1.00 bits per heavy atom. The number of hydrogen-bond acceptors (Lipinski definition) is 1. The molecule has 0 amide bonds. The first-order valence-corrected chi connectivity index (χ1v) is 7.77. The lowest BCUT2D eigenvalue weighted by Gasteiger charge is -2.24. The van der Waals surface area contributed by atoms with E-state index in [2.05, 4.69) is 48.5 Å². The van der Waals surface area contributed by atoms with Gasteiger partial charge in [0.15, 0.2) is 0 Å². The van der Waals surface area contributed by atoms with Crippen molar-refractivity contribution in [2.75, 3.05) is 6.54 Å². The number of benzene rings is 2. The van der Waals surface area contributed by atoms with Gasteiger partial charge in [-0.15, -0.1) is 0 Å². The molecule has 1 heteroatoms. The summed E-state index contributed by atoms with van der Waals surface area (Å²) in [5.41, 5.74) is 8.77. The maximum absolute atomic E-state index is 6.03. The Hall–Kier alpha value is -1.60. The second-order valence-corrected chi connectivity index (χ2v) is 5.83. The Bertz CT molecular complexity index is 601. The third kappa shape index (κ3) is 2.78. The van der Waals surface area contributed by atoms with Gasteiger partial charge in [-0.1, -0.05) is 73.4 Å². The normalized spacial score (nSPS) is 17.6. The van der Waals surface area contributed by atoms with Crippen molar-refractivity contribution in [1.82, 2.24) is 0 Å². The summed E-state index contributed by atoms with van der Waals surface area (Å²) in [4.78, 5) is 0. The highest BCUT2D eigenvalue weighted by atomic mass is 14.5. The van der Waals surface area contributed by atoms with Crippen molar-refractivity contribution < 1.29 is 0 Å². The number of rotatable bonds is 3. The molecule has 0 spiro atoms. The van der Waals surface area contributed by atoms with Crippen LogP contribution in [0.15, 0.2) is 48.0 Å². The SMILES string of the molecule is NC/C(=C/c1cccc2ccccc12)C1CCCCC1. The van der Waals surface area contributed by atoms with Crippen molar-refractivity contribution in [2.45, 2.75) is 32.1 Å². The Morgan fingerprint density at radius 2 is 1.75 bits per heavy atom. The van der Waals surface area contributed by atoms with Crippen molar-refractivity contribution in [2.24, 2.45) is 11.7 Å². The Morgan fingerprint density at radius 3 is 2.55 bits per heavy atom. The van der Waals surface area contributed by atoms with Gasteiger partial charge in [-0.2, -0.15) is 0 Å². The summed E-state index contributed by atoms with van der Waals surface area (Å²) in [6.45, 7) is 0.688. The highest BCUT2D eigenvalue weighted by Gasteiger charge is 2.16. The first kappa shape index (κ1) is 13.4. The van der Waals surface area contributed by atoms with Crippen LogP contribution in [0.4, 0.5) is 0 Å². The van der Waals surface area contributed by atoms with Gasteiger partial charge in [0.25, 0.3) is 0 Å². The van der Waals surface area contributed by atoms with Gasteiger partial charge in [0.1, 0.15) is 0 Å². The van der Waals surface area contributed by atoms with Crippen LogP contribution in [0.5, 0.6) is 0 Å². The largest absolute Gasteiger partial charge is 0.327 e. The maximum Gasteiger partial charge on any atom is 0.0142 e. The minimum absolute atomic E-state index is 0.688. The molecule has 1 aliphatic carbocycles. The topological polar surface area (TPSA) is 26.0 Å². The summed E-state index contributed by atoms with van der Waals surface area (Å²) in [5.74, 6) is 0.702. The van der Waals surface area contributed by atoms with Crippen molar-refractivity contribution in [1.29, 1.82) is 0 Å². The van der Waals surface area contributed by atoms with Crippen LogP contribution in [-0.4, -0.2) is 6.54 Å². The van der Waals surface area contributed by atoms with E-state index in [1.54, 1.807) is 0 Å². The van der Waals surface area contributed by atoms with E-state index in [-0.39, 0.29) is 0 Å². The third-order valence-electron chi connectivity index (χ3n) is 4.53. The van der Waals surface area contributed by atoms with Gasteiger partial charge >= 0.3 is 0 Å². The fourth-order valence-electron chi connectivity index (χ4n) is 3.39. The minimum Gasteiger partial charge on any atom is -0.327 e. The van der Waals surface area contributed by atoms with Crippen molar-refractivity contribution in [3.63, 3.8) is 0 Å². The molecule has 2 aromatic rings. The molecule has 3 rings (SSSR count). The van der Waals surface area contributed by atoms with E-state index in [0.717, 1.165) is 0 Å². The minimum atomic E-state index is 0.688. The molecule has 0 aromatic heterocycles. The fourth-order valence-corrected chi connectivity index (χ4v) is 3.39. The molecule has 1 fully saturated rings. The summed E-state index contributed by atoms with van der Waals surface area (Å²) in [7, 11) is 0. The molecule has 20 heavy (non-hydrogen) atoms. The summed E-state index contributed by atoms with van der Waals surface area (Å²) in [6, 6.07) is 15.1. The van der Waals surface area contributed by atoms with Crippen molar-refractivity contribution in [3.05, 3.63) is 53.6 Å². The zero-order chi connectivity index (χ0) is 13.8. The zero-order valence-corrected chi connectivity index (χ0v) is 12.0. The molecule has 0 saturated heterocycles. The molecule has 1 aliphatic rings. The fraction of sp³-hybridized carbons (Fsp3) is 0.368. The number of nitrogens with two attached hydrogens (primary N) is 1. The smallest absolute Gasteiger partial charge is 0.0142 e. The van der Waals surface area contributed by atoms with E-state index < -0.39 is 0 Å². The molecular formula is C19H23N. The van der Waals surface area contributed by atoms with Crippen LogP contribution >= 0.6 is 0 Å². The lowest BCUT2D eigenvalue weighted by atomic mass is 9.83. The standard InChI is InChI=1S/C19H23N/c20-14-18(15-7-2-1-3-8-15)13-17-11-6-10-16-9-4-5-12-19(16)17/h4-6,9-13,15H,1-3,7-8,14,20H2/b18-13-. The molecule has 2 N–H and O–H groups in total. The van der Waals surface area contributed by atoms with E-state index in [9.17, 15) is 0 Å². The summed E-state index contributed by atoms with van der Waals surface area (Å²) < 4.78 is 0. The molecule has 0 aliphatic heterocycles. The first-order valence-electron chi connectivity index (χ1n) is 7.77. The molecule has 0 atom stereocenters. The second-order valence-electron chi connectivity index (χ2n) is 5.83. The second kappa shape index (κ2) is 6.23. The predicted octanol–water partition coefficient (Wildman–Crippen LogP) is 4.76. The number of fused-ring (bicyclic) bond motifs is 1. The van der Waals surface area contributed by atoms with Crippen LogP contribution in [0.2, 0.25) is 0 Å². The molecule has 0 unspecified atom stereocenters. The average Bonchev–Trinajstić information content (AvgIpc) is 2.53. The Balaban J connectivity index is 1.98. The first-order chi connectivity index (χ1) is 9.88. The zero-order valence-electron chi connectivity index (χ0n) is 12.0. The van der Waals surface area contributed by atoms with Gasteiger partial charge in [0.05, 0.1) is 0 Å². The Labute approximate surface area is 121 Å². The molecular weight excluding hydrogens is 242 g/mol. The molecule has 104 valence electrons. The van der Waals surface area contributed by atoms with E-state index in [1.807, 2.05) is 0 Å². The third-order valence-corrected chi connectivity index (χ3v) is 4.53. The monoisotopic (exact) mass is 265 g/mol. The predicted molar refractivity (Wildman–Crippen MR) is 87.6 cm³/mol. The summed E-state index contributed by atoms with van der Waals surface area (Å²) >= 11 is 0. The molecule has 0 radical (unpaired) electrons. The van der Waals surface area contributed by atoms with Gasteiger partial charge in [0, 0.05) is 6.54 Å². The van der Waals surface area contributed by atoms with Gasteiger partial charge in [-0.25, -0.2) is 0 Å². The van der Waals surface area contributed by atoms with Gasteiger partial charge in [-0.05, 0) is 35.1 Å². The lowest BCUT2D eigenvalue weighted by molar-refractivity contribution is 0.401. The lowest BCUT2D eigenvalue weighted by Crippen LogP contribution is -2.16. The van der Waals surface area contributed by atoms with Gasteiger partial charge in [0.2, 0.25) is 0 Å². The Kier molecular flexibility index (Phi) is 4.17. The summed E-state index contributed by atoms with van der Waals surface area (Å²) in [5, 5.41) is 2.64. The van der Waals surface area contributed by atoms with Crippen LogP contribution in [-0.2, 0) is 0 Å². The van der Waals surface area contributed by atoms with Crippen molar-refractivity contribution in [3.8, 4) is 0 Å². The van der Waals surface area contributed by atoms with Crippen LogP contribution in [0, 0.1) is 5.92 Å². The van der Waals surface area contributed by atoms with Crippen LogP contribution in [0.3, 0.4) is 0 Å². The molecule has 0 bridgehead atoms. The van der Waals surface area contributed by atoms with E-state index >= 15 is 0 Å². The van der Waals surface area contributed by atoms with Crippen molar-refractivity contribution >= 4 is 16.8 Å². The maximum atomic E-state index is 6.03. The van der Waals surface area contributed by atoms with E-state index in [0.29, 0.717) is 12.5 Å². The molecule has 1 nitrogen and oxygen atoms in total. The average molecular weight is 265 g/mol. The molecule has 1 saturated carbocycles. The highest BCUT2D eigenvalue weighted by Crippen LogP contribution is 2.31. The molecule has 0 heterocycles.